The number of esters is 1. The largest absolute Gasteiger partial charge is 0.465 e. The molecule has 9 nitrogen and oxygen atoms in total. The molecule has 1 aromatic carbocycles. The number of carbonyl (C=O) groups is 2. The summed E-state index contributed by atoms with van der Waals surface area (Å²) < 4.78 is 7.26. The molecule has 2 heterocycles. The van der Waals surface area contributed by atoms with Gasteiger partial charge in [-0.2, -0.15) is 0 Å². The molecule has 1 fully saturated rings. The van der Waals surface area contributed by atoms with Crippen molar-refractivity contribution in [3.63, 3.8) is 0 Å². The second-order valence-corrected chi connectivity index (χ2v) is 8.62. The molecule has 0 aliphatic heterocycles. The van der Waals surface area contributed by atoms with Crippen LogP contribution in [0.25, 0.3) is 5.65 Å². The van der Waals surface area contributed by atoms with Crippen LogP contribution >= 0.6 is 11.8 Å². The summed E-state index contributed by atoms with van der Waals surface area (Å²) >= 11 is 1.65. The van der Waals surface area contributed by atoms with Crippen LogP contribution in [0.1, 0.15) is 42.5 Å². The lowest BCUT2D eigenvalue weighted by molar-refractivity contribution is -0.117. The molecule has 1 amide bonds. The number of aromatic nitrogens is 4. The molecule has 0 radical (unpaired) electrons. The summed E-state index contributed by atoms with van der Waals surface area (Å²) in [7, 11) is 1.27. The third-order valence-electron chi connectivity index (χ3n) is 5.20. The zero-order chi connectivity index (χ0) is 21.8. The number of thioether (sulfide) groups is 1. The maximum atomic E-state index is 12.8. The Morgan fingerprint density at radius 3 is 2.77 bits per heavy atom. The predicted octanol–water partition coefficient (Wildman–Crippen LogP) is 2.74. The van der Waals surface area contributed by atoms with Crippen LogP contribution in [-0.4, -0.2) is 43.4 Å². The predicted molar refractivity (Wildman–Crippen MR) is 116 cm³/mol. The summed E-state index contributed by atoms with van der Waals surface area (Å²) in [6, 6.07) is 6.52. The topological polar surface area (TPSA) is 108 Å². The molecule has 0 spiro atoms. The number of amides is 1. The molecule has 3 aromatic rings. The lowest BCUT2D eigenvalue weighted by Gasteiger charge is -2.20. The van der Waals surface area contributed by atoms with Gasteiger partial charge < -0.3 is 10.1 Å². The Labute approximate surface area is 182 Å². The first-order valence-electron chi connectivity index (χ1n) is 10.1. The molecule has 0 atom stereocenters. The fourth-order valence-corrected chi connectivity index (χ4v) is 4.91. The molecule has 0 unspecified atom stereocenters. The number of methoxy groups -OCH3 is 1. The van der Waals surface area contributed by atoms with Crippen molar-refractivity contribution in [1.29, 1.82) is 0 Å². The molecule has 1 N–H and O–H groups in total. The normalized spacial score (nSPS) is 14.5. The van der Waals surface area contributed by atoms with E-state index in [1.165, 1.54) is 30.8 Å². The van der Waals surface area contributed by atoms with Crippen molar-refractivity contribution >= 4 is 35.0 Å². The molecule has 1 aliphatic rings. The van der Waals surface area contributed by atoms with Gasteiger partial charge in [0, 0.05) is 17.6 Å². The van der Waals surface area contributed by atoms with Crippen LogP contribution in [0.15, 0.2) is 46.5 Å². The second kappa shape index (κ2) is 9.34. The number of para-hydroxylation sites is 1. The summed E-state index contributed by atoms with van der Waals surface area (Å²) in [5, 5.41) is 8.18. The summed E-state index contributed by atoms with van der Waals surface area (Å²) in [5.41, 5.74) is 0.576. The quantitative estimate of drug-likeness (QED) is 0.586. The van der Waals surface area contributed by atoms with Crippen LogP contribution in [0.5, 0.6) is 0 Å². The fraction of sp³-hybridized carbons (Fsp3) is 0.381. The Kier molecular flexibility index (Phi) is 6.36. The number of hydrogen-bond acceptors (Lipinski definition) is 7. The number of benzene rings is 1. The number of rotatable bonds is 6. The standard InChI is InChI=1S/C21H23N5O4S/c1-30-20(28)15-9-5-6-10-16(15)23-17(27)13-26-21(29)25-12-11-22-19(18(25)24-26)31-14-7-3-2-4-8-14/h5-6,9-12,14H,2-4,7-8,13H2,1H3,(H,23,27). The second-order valence-electron chi connectivity index (χ2n) is 7.33. The molecule has 1 aliphatic carbocycles. The van der Waals surface area contributed by atoms with Gasteiger partial charge in [-0.3, -0.25) is 4.79 Å². The van der Waals surface area contributed by atoms with Gasteiger partial charge in [0.1, 0.15) is 11.6 Å². The van der Waals surface area contributed by atoms with E-state index < -0.39 is 17.6 Å². The van der Waals surface area contributed by atoms with Crippen LogP contribution in [0.4, 0.5) is 5.69 Å². The molecular weight excluding hydrogens is 418 g/mol. The lowest BCUT2D eigenvalue weighted by atomic mass is 10.0. The Morgan fingerprint density at radius 1 is 1.23 bits per heavy atom. The van der Waals surface area contributed by atoms with Crippen LogP contribution in [0.2, 0.25) is 0 Å². The summed E-state index contributed by atoms with van der Waals surface area (Å²) in [6.07, 6.45) is 9.05. The Hall–Kier alpha value is -3.14. The number of fused-ring (bicyclic) bond motifs is 1. The van der Waals surface area contributed by atoms with Crippen LogP contribution in [0, 0.1) is 0 Å². The molecule has 2 aromatic heterocycles. The van der Waals surface area contributed by atoms with Gasteiger partial charge in [-0.15, -0.1) is 5.10 Å². The van der Waals surface area contributed by atoms with Gasteiger partial charge in [-0.1, -0.05) is 43.2 Å². The first kappa shape index (κ1) is 21.1. The molecule has 0 bridgehead atoms. The van der Waals surface area contributed by atoms with Gasteiger partial charge in [0.25, 0.3) is 0 Å². The average molecular weight is 442 g/mol. The van der Waals surface area contributed by atoms with Crippen LogP contribution in [0.3, 0.4) is 0 Å². The number of hydrogen-bond donors (Lipinski definition) is 1. The van der Waals surface area contributed by atoms with Crippen LogP contribution in [-0.2, 0) is 16.1 Å². The smallest absolute Gasteiger partial charge is 0.350 e. The van der Waals surface area contributed by atoms with Gasteiger partial charge >= 0.3 is 11.7 Å². The molecular formula is C21H23N5O4S. The maximum absolute atomic E-state index is 12.8. The highest BCUT2D eigenvalue weighted by Crippen LogP contribution is 2.33. The number of nitrogens with zero attached hydrogens (tertiary/aromatic N) is 4. The van der Waals surface area contributed by atoms with E-state index in [9.17, 15) is 14.4 Å². The van der Waals surface area contributed by atoms with Crippen molar-refractivity contribution in [2.45, 2.75) is 48.9 Å². The molecule has 10 heteroatoms. The lowest BCUT2D eigenvalue weighted by Crippen LogP contribution is -2.28. The number of nitrogens with one attached hydrogen (secondary N) is 1. The molecule has 1 saturated carbocycles. The highest BCUT2D eigenvalue weighted by molar-refractivity contribution is 8.00. The van der Waals surface area contributed by atoms with Crippen molar-refractivity contribution in [3.05, 3.63) is 52.7 Å². The maximum Gasteiger partial charge on any atom is 0.350 e. The minimum atomic E-state index is -0.559. The van der Waals surface area contributed by atoms with E-state index >= 15 is 0 Å². The minimum Gasteiger partial charge on any atom is -0.465 e. The van der Waals surface area contributed by atoms with E-state index in [2.05, 4.69) is 15.4 Å². The molecule has 4 rings (SSSR count). The summed E-state index contributed by atoms with van der Waals surface area (Å²) in [5.74, 6) is -1.03. The van der Waals surface area contributed by atoms with Gasteiger partial charge in [0.2, 0.25) is 5.91 Å². The fourth-order valence-electron chi connectivity index (χ4n) is 3.66. The zero-order valence-electron chi connectivity index (χ0n) is 17.1. The van der Waals surface area contributed by atoms with Crippen LogP contribution < -0.4 is 11.0 Å². The van der Waals surface area contributed by atoms with Crippen molar-refractivity contribution in [1.82, 2.24) is 19.2 Å². The highest BCUT2D eigenvalue weighted by Gasteiger charge is 2.20. The zero-order valence-corrected chi connectivity index (χ0v) is 17.9. The highest BCUT2D eigenvalue weighted by atomic mass is 32.2. The van der Waals surface area contributed by atoms with Crippen molar-refractivity contribution in [2.24, 2.45) is 0 Å². The molecule has 31 heavy (non-hydrogen) atoms. The number of ether oxygens (including phenoxy) is 1. The molecule has 0 saturated heterocycles. The first-order valence-corrected chi connectivity index (χ1v) is 11.0. The summed E-state index contributed by atoms with van der Waals surface area (Å²) in [4.78, 5) is 41.6. The van der Waals surface area contributed by atoms with Crippen molar-refractivity contribution in [3.8, 4) is 0 Å². The SMILES string of the molecule is COC(=O)c1ccccc1NC(=O)Cn1nc2c(SC3CCCCC3)nccn2c1=O. The van der Waals surface area contributed by atoms with Crippen molar-refractivity contribution < 1.29 is 14.3 Å². The van der Waals surface area contributed by atoms with Gasteiger partial charge in [0.15, 0.2) is 5.65 Å². The van der Waals surface area contributed by atoms with Gasteiger partial charge in [-0.25, -0.2) is 23.7 Å². The summed E-state index contributed by atoms with van der Waals surface area (Å²) in [6.45, 7) is -0.288. The van der Waals surface area contributed by atoms with E-state index in [4.69, 9.17) is 4.74 Å². The Morgan fingerprint density at radius 2 is 2.00 bits per heavy atom. The Bertz CT molecular complexity index is 1170. The third kappa shape index (κ3) is 4.63. The Balaban J connectivity index is 1.54. The first-order chi connectivity index (χ1) is 15.1. The van der Waals surface area contributed by atoms with Gasteiger partial charge in [0.05, 0.1) is 18.4 Å². The number of carbonyl (C=O) groups excluding carboxylic acids is 2. The van der Waals surface area contributed by atoms with E-state index in [0.717, 1.165) is 17.5 Å². The average Bonchev–Trinajstić information content (AvgIpc) is 3.10. The van der Waals surface area contributed by atoms with Gasteiger partial charge in [-0.05, 0) is 25.0 Å². The van der Waals surface area contributed by atoms with Crippen molar-refractivity contribution in [2.75, 3.05) is 12.4 Å². The van der Waals surface area contributed by atoms with E-state index in [-0.39, 0.29) is 12.1 Å². The molecule has 162 valence electrons. The van der Waals surface area contributed by atoms with E-state index in [0.29, 0.717) is 21.6 Å². The third-order valence-corrected chi connectivity index (χ3v) is 6.52. The van der Waals surface area contributed by atoms with E-state index in [1.54, 1.807) is 48.4 Å². The number of anilines is 1. The minimum absolute atomic E-state index is 0.232. The van der Waals surface area contributed by atoms with E-state index in [1.807, 2.05) is 0 Å². The monoisotopic (exact) mass is 441 g/mol.